The molecule has 0 aromatic carbocycles. The molecule has 0 rings (SSSR count). The van der Waals surface area contributed by atoms with E-state index >= 15 is 0 Å². The zero-order chi connectivity index (χ0) is 11.8. The van der Waals surface area contributed by atoms with E-state index in [9.17, 15) is 4.79 Å². The van der Waals surface area contributed by atoms with Gasteiger partial charge in [0, 0.05) is 48.3 Å². The van der Waals surface area contributed by atoms with Crippen LogP contribution in [-0.4, -0.2) is 25.2 Å². The summed E-state index contributed by atoms with van der Waals surface area (Å²) < 4.78 is 0. The van der Waals surface area contributed by atoms with Crippen LogP contribution in [0.3, 0.4) is 0 Å². The molecule has 0 fully saturated rings. The van der Waals surface area contributed by atoms with Gasteiger partial charge in [0.25, 0.3) is 0 Å². The van der Waals surface area contributed by atoms with Crippen LogP contribution in [0.5, 0.6) is 0 Å². The van der Waals surface area contributed by atoms with E-state index < -0.39 is 0 Å². The Morgan fingerprint density at radius 3 is 2.38 bits per heavy atom. The Bertz CT molecular complexity index is 219. The van der Waals surface area contributed by atoms with Gasteiger partial charge >= 0.3 is 6.03 Å². The largest absolute Gasteiger partial charge is 0.390 e. The first-order chi connectivity index (χ1) is 7.01. The summed E-state index contributed by atoms with van der Waals surface area (Å²) in [5.74, 6) is 0. The van der Waals surface area contributed by atoms with Gasteiger partial charge in [0.1, 0.15) is 0 Å². The number of hydrogen-bond donors (Lipinski definition) is 3. The van der Waals surface area contributed by atoms with Gasteiger partial charge in [0.05, 0.1) is 6.04 Å². The minimum Gasteiger partial charge on any atom is -0.390 e. The Kier molecular flexibility index (Phi) is 11.7. The zero-order valence-corrected chi connectivity index (χ0v) is 14.1. The molecule has 0 aromatic rings. The Morgan fingerprint density at radius 1 is 1.44 bits per heavy atom. The molecule has 1 radical (unpaired) electrons. The maximum Gasteiger partial charge on any atom is 0.313 e. The van der Waals surface area contributed by atoms with Crippen molar-refractivity contribution in [2.45, 2.75) is 38.8 Å². The van der Waals surface area contributed by atoms with Crippen molar-refractivity contribution in [3.8, 4) is 0 Å². The third-order valence-corrected chi connectivity index (χ3v) is 2.00. The fourth-order valence-corrected chi connectivity index (χ4v) is 1.22. The SMILES string of the molecule is C=C(NC)[C@H](CCC)NC(=O)NC([CH2-])C.[La]. The first kappa shape index (κ1) is 18.4. The van der Waals surface area contributed by atoms with Crippen molar-refractivity contribution in [3.63, 3.8) is 0 Å². The molecule has 5 heteroatoms. The predicted molar refractivity (Wildman–Crippen MR) is 63.4 cm³/mol. The number of urea groups is 1. The number of nitrogens with one attached hydrogen (secondary N) is 3. The van der Waals surface area contributed by atoms with Crippen LogP contribution in [-0.2, 0) is 0 Å². The van der Waals surface area contributed by atoms with Crippen LogP contribution in [0.4, 0.5) is 4.79 Å². The second-order valence-electron chi connectivity index (χ2n) is 3.64. The van der Waals surface area contributed by atoms with Crippen LogP contribution in [0.2, 0.25) is 0 Å². The predicted octanol–water partition coefficient (Wildman–Crippen LogP) is 1.41. The van der Waals surface area contributed by atoms with E-state index in [0.717, 1.165) is 18.5 Å². The van der Waals surface area contributed by atoms with E-state index in [0.29, 0.717) is 0 Å². The standard InChI is InChI=1S/C11H22N3O.La/c1-6-7-10(9(4)12-5)14-11(15)13-8(2)3;/h8,10,12H,2,4,6-7H2,1,3,5H3,(H2,13,14,15);/q-1;/t8?,10-;/m0./s1. The van der Waals surface area contributed by atoms with E-state index in [2.05, 4.69) is 36.4 Å². The Balaban J connectivity index is 0. The number of amides is 2. The summed E-state index contributed by atoms with van der Waals surface area (Å²) in [7, 11) is 1.80. The molecule has 1 unspecified atom stereocenters. The van der Waals surface area contributed by atoms with Gasteiger partial charge in [-0.3, -0.25) is 0 Å². The molecular weight excluding hydrogens is 329 g/mol. The molecule has 16 heavy (non-hydrogen) atoms. The molecule has 0 saturated heterocycles. The second kappa shape index (κ2) is 10.2. The monoisotopic (exact) mass is 351 g/mol. The van der Waals surface area contributed by atoms with Gasteiger partial charge < -0.3 is 22.9 Å². The molecule has 4 nitrogen and oxygen atoms in total. The summed E-state index contributed by atoms with van der Waals surface area (Å²) in [4.78, 5) is 11.4. The van der Waals surface area contributed by atoms with Gasteiger partial charge in [0.2, 0.25) is 0 Å². The van der Waals surface area contributed by atoms with Crippen molar-refractivity contribution in [3.05, 3.63) is 19.2 Å². The summed E-state index contributed by atoms with van der Waals surface area (Å²) in [5, 5.41) is 8.48. The van der Waals surface area contributed by atoms with Gasteiger partial charge in [-0.2, -0.15) is 0 Å². The quantitative estimate of drug-likeness (QED) is 0.634. The minimum atomic E-state index is -0.202. The molecule has 0 aromatic heterocycles. The van der Waals surface area contributed by atoms with Crippen LogP contribution in [0, 0.1) is 42.5 Å². The number of hydrogen-bond acceptors (Lipinski definition) is 2. The van der Waals surface area contributed by atoms with Crippen molar-refractivity contribution >= 4 is 6.03 Å². The molecule has 0 spiro atoms. The van der Waals surface area contributed by atoms with Crippen LogP contribution >= 0.6 is 0 Å². The summed E-state index contributed by atoms with van der Waals surface area (Å²) in [6.07, 6.45) is 1.87. The van der Waals surface area contributed by atoms with Crippen molar-refractivity contribution in [1.29, 1.82) is 0 Å². The first-order valence-electron chi connectivity index (χ1n) is 5.27. The smallest absolute Gasteiger partial charge is 0.313 e. The van der Waals surface area contributed by atoms with Gasteiger partial charge in [-0.05, 0) is 6.42 Å². The third kappa shape index (κ3) is 8.19. The maximum absolute atomic E-state index is 11.4. The molecule has 2 amide bonds. The van der Waals surface area contributed by atoms with E-state index in [1.165, 1.54) is 0 Å². The summed E-state index contributed by atoms with van der Waals surface area (Å²) >= 11 is 0. The minimum absolute atomic E-state index is 0. The first-order valence-corrected chi connectivity index (χ1v) is 5.27. The summed E-state index contributed by atoms with van der Waals surface area (Å²) in [6.45, 7) is 11.4. The van der Waals surface area contributed by atoms with Gasteiger partial charge in [-0.1, -0.05) is 32.9 Å². The van der Waals surface area contributed by atoms with Crippen LogP contribution < -0.4 is 16.0 Å². The van der Waals surface area contributed by atoms with Crippen molar-refractivity contribution in [2.24, 2.45) is 0 Å². The summed E-state index contributed by atoms with van der Waals surface area (Å²) in [5.41, 5.74) is 0.823. The molecule has 91 valence electrons. The van der Waals surface area contributed by atoms with Crippen LogP contribution in [0.1, 0.15) is 26.7 Å². The van der Waals surface area contributed by atoms with Crippen LogP contribution in [0.15, 0.2) is 12.3 Å². The molecular formula is C11H22LaN3O-. The molecule has 0 bridgehead atoms. The fourth-order valence-electron chi connectivity index (χ4n) is 1.22. The Morgan fingerprint density at radius 2 is 2.00 bits per heavy atom. The molecule has 0 saturated carbocycles. The molecule has 0 aliphatic carbocycles. The Labute approximate surface area is 127 Å². The number of carbonyl (C=O) groups excluding carboxylic acids is 1. The van der Waals surface area contributed by atoms with Gasteiger partial charge in [0.15, 0.2) is 0 Å². The van der Waals surface area contributed by atoms with Crippen molar-refractivity contribution < 1.29 is 40.4 Å². The van der Waals surface area contributed by atoms with Crippen molar-refractivity contribution in [1.82, 2.24) is 16.0 Å². The maximum atomic E-state index is 11.4. The van der Waals surface area contributed by atoms with Gasteiger partial charge in [-0.15, -0.1) is 0 Å². The topological polar surface area (TPSA) is 53.2 Å². The third-order valence-electron chi connectivity index (χ3n) is 2.00. The molecule has 3 N–H and O–H groups in total. The van der Waals surface area contributed by atoms with Crippen LogP contribution in [0.25, 0.3) is 0 Å². The van der Waals surface area contributed by atoms with E-state index in [1.807, 2.05) is 6.92 Å². The fraction of sp³-hybridized carbons (Fsp3) is 0.636. The number of rotatable bonds is 6. The van der Waals surface area contributed by atoms with E-state index in [4.69, 9.17) is 0 Å². The molecule has 0 aliphatic heterocycles. The van der Waals surface area contributed by atoms with E-state index in [1.54, 1.807) is 7.05 Å². The molecule has 0 aliphatic rings. The molecule has 2 atom stereocenters. The van der Waals surface area contributed by atoms with Gasteiger partial charge in [-0.25, -0.2) is 4.79 Å². The number of likely N-dealkylation sites (N-methyl/N-ethyl adjacent to an activating group) is 1. The van der Waals surface area contributed by atoms with E-state index in [-0.39, 0.29) is 53.7 Å². The second-order valence-corrected chi connectivity index (χ2v) is 3.64. The normalized spacial score (nSPS) is 13.0. The molecule has 0 heterocycles. The average Bonchev–Trinajstić information content (AvgIpc) is 2.14. The Hall–Kier alpha value is 0.00481. The average molecular weight is 351 g/mol. The zero-order valence-electron chi connectivity index (χ0n) is 10.5. The summed E-state index contributed by atoms with van der Waals surface area (Å²) in [6, 6.07) is -0.332. The van der Waals surface area contributed by atoms with Crippen molar-refractivity contribution in [2.75, 3.05) is 7.05 Å². The number of carbonyl (C=O) groups is 1.